The molecule has 0 bridgehead atoms. The van der Waals surface area contributed by atoms with Crippen LogP contribution in [0.4, 0.5) is 0 Å². The van der Waals surface area contributed by atoms with Gasteiger partial charge in [-0.1, -0.05) is 13.8 Å². The van der Waals surface area contributed by atoms with Gasteiger partial charge in [-0.25, -0.2) is 0 Å². The number of thiol groups is 1. The Balaban J connectivity index is 3.33. The summed E-state index contributed by atoms with van der Waals surface area (Å²) in [5.74, 6) is 2.08. The second kappa shape index (κ2) is 8.57. The highest BCUT2D eigenvalue weighted by atomic mass is 32.1. The Morgan fingerprint density at radius 3 is 2.14 bits per heavy atom. The summed E-state index contributed by atoms with van der Waals surface area (Å²) in [6, 6.07) is 0. The average molecular weight is 220 g/mol. The SMILES string of the molecule is CC(C)OCCOCC(CS)C(C)C. The first kappa shape index (κ1) is 14.3. The topological polar surface area (TPSA) is 18.5 Å². The van der Waals surface area contributed by atoms with Crippen molar-refractivity contribution in [3.05, 3.63) is 0 Å². The molecule has 0 aliphatic carbocycles. The van der Waals surface area contributed by atoms with Crippen LogP contribution in [0.1, 0.15) is 27.7 Å². The van der Waals surface area contributed by atoms with Crippen LogP contribution in [0.3, 0.4) is 0 Å². The first-order valence-electron chi connectivity index (χ1n) is 5.38. The number of hydrogen-bond donors (Lipinski definition) is 1. The van der Waals surface area contributed by atoms with Gasteiger partial charge in [0, 0.05) is 0 Å². The molecule has 0 radical (unpaired) electrons. The number of ether oxygens (including phenoxy) is 2. The predicted molar refractivity (Wildman–Crippen MR) is 64.1 cm³/mol. The minimum atomic E-state index is 0.296. The zero-order valence-corrected chi connectivity index (χ0v) is 10.7. The maximum Gasteiger partial charge on any atom is 0.0703 e. The molecular weight excluding hydrogens is 196 g/mol. The third-order valence-corrected chi connectivity index (χ3v) is 2.66. The van der Waals surface area contributed by atoms with Crippen molar-refractivity contribution < 1.29 is 9.47 Å². The quantitative estimate of drug-likeness (QED) is 0.501. The highest BCUT2D eigenvalue weighted by Crippen LogP contribution is 2.12. The maximum atomic E-state index is 5.52. The molecule has 0 aromatic rings. The van der Waals surface area contributed by atoms with Gasteiger partial charge in [-0.2, -0.15) is 12.6 Å². The number of hydrogen-bond acceptors (Lipinski definition) is 3. The van der Waals surface area contributed by atoms with Crippen molar-refractivity contribution in [2.24, 2.45) is 11.8 Å². The van der Waals surface area contributed by atoms with Crippen LogP contribution in [0.25, 0.3) is 0 Å². The average Bonchev–Trinajstić information content (AvgIpc) is 2.10. The highest BCUT2D eigenvalue weighted by Gasteiger charge is 2.11. The second-order valence-electron chi connectivity index (χ2n) is 4.18. The molecule has 0 aliphatic rings. The molecule has 14 heavy (non-hydrogen) atoms. The lowest BCUT2D eigenvalue weighted by Gasteiger charge is -2.18. The summed E-state index contributed by atoms with van der Waals surface area (Å²) in [7, 11) is 0. The molecule has 0 aromatic heterocycles. The van der Waals surface area contributed by atoms with E-state index in [0.717, 1.165) is 12.4 Å². The Morgan fingerprint density at radius 1 is 1.07 bits per heavy atom. The minimum absolute atomic E-state index is 0.296. The van der Waals surface area contributed by atoms with Crippen LogP contribution in [-0.2, 0) is 9.47 Å². The summed E-state index contributed by atoms with van der Waals surface area (Å²) in [5.41, 5.74) is 0. The first-order valence-corrected chi connectivity index (χ1v) is 6.01. The molecule has 0 rings (SSSR count). The lowest BCUT2D eigenvalue weighted by Crippen LogP contribution is -2.19. The molecule has 0 aromatic carbocycles. The Bertz CT molecular complexity index is 126. The lowest BCUT2D eigenvalue weighted by atomic mass is 9.99. The van der Waals surface area contributed by atoms with E-state index < -0.39 is 0 Å². The van der Waals surface area contributed by atoms with E-state index in [1.165, 1.54) is 0 Å². The van der Waals surface area contributed by atoms with Gasteiger partial charge in [0.05, 0.1) is 25.9 Å². The van der Waals surface area contributed by atoms with E-state index in [0.29, 0.717) is 31.2 Å². The van der Waals surface area contributed by atoms with E-state index in [9.17, 15) is 0 Å². The van der Waals surface area contributed by atoms with Crippen molar-refractivity contribution in [1.29, 1.82) is 0 Å². The monoisotopic (exact) mass is 220 g/mol. The Hall–Kier alpha value is 0.270. The molecule has 0 saturated heterocycles. The van der Waals surface area contributed by atoms with E-state index in [1.54, 1.807) is 0 Å². The van der Waals surface area contributed by atoms with Crippen LogP contribution >= 0.6 is 12.6 Å². The summed E-state index contributed by atoms with van der Waals surface area (Å²) >= 11 is 4.30. The van der Waals surface area contributed by atoms with Crippen molar-refractivity contribution in [2.45, 2.75) is 33.8 Å². The molecule has 0 aliphatic heterocycles. The van der Waals surface area contributed by atoms with Crippen LogP contribution in [-0.4, -0.2) is 31.7 Å². The highest BCUT2D eigenvalue weighted by molar-refractivity contribution is 7.80. The summed E-state index contributed by atoms with van der Waals surface area (Å²) < 4.78 is 10.9. The molecule has 0 amide bonds. The summed E-state index contributed by atoms with van der Waals surface area (Å²) in [4.78, 5) is 0. The molecule has 0 fully saturated rings. The molecule has 0 spiro atoms. The van der Waals surface area contributed by atoms with Crippen LogP contribution < -0.4 is 0 Å². The van der Waals surface area contributed by atoms with E-state index in [-0.39, 0.29) is 0 Å². The van der Waals surface area contributed by atoms with Gasteiger partial charge in [-0.3, -0.25) is 0 Å². The van der Waals surface area contributed by atoms with Gasteiger partial charge in [0.1, 0.15) is 0 Å². The standard InChI is InChI=1S/C11H24O2S/c1-9(2)11(8-14)7-12-5-6-13-10(3)4/h9-11,14H,5-8H2,1-4H3. The normalized spacial score (nSPS) is 13.9. The zero-order valence-electron chi connectivity index (χ0n) is 9.82. The molecule has 0 saturated carbocycles. The summed E-state index contributed by atoms with van der Waals surface area (Å²) in [5, 5.41) is 0. The van der Waals surface area contributed by atoms with Gasteiger partial charge in [0.25, 0.3) is 0 Å². The zero-order chi connectivity index (χ0) is 11.0. The molecule has 1 atom stereocenters. The molecule has 86 valence electrons. The van der Waals surface area contributed by atoms with Crippen LogP contribution in [0.15, 0.2) is 0 Å². The predicted octanol–water partition coefficient (Wildman–Crippen LogP) is 2.63. The Morgan fingerprint density at radius 2 is 1.71 bits per heavy atom. The van der Waals surface area contributed by atoms with E-state index >= 15 is 0 Å². The smallest absolute Gasteiger partial charge is 0.0703 e. The van der Waals surface area contributed by atoms with Gasteiger partial charge in [0.2, 0.25) is 0 Å². The van der Waals surface area contributed by atoms with Gasteiger partial charge < -0.3 is 9.47 Å². The maximum absolute atomic E-state index is 5.52. The van der Waals surface area contributed by atoms with E-state index in [4.69, 9.17) is 9.47 Å². The fourth-order valence-electron chi connectivity index (χ4n) is 1.03. The van der Waals surface area contributed by atoms with E-state index in [1.807, 2.05) is 13.8 Å². The third kappa shape index (κ3) is 7.65. The van der Waals surface area contributed by atoms with Crippen molar-refractivity contribution in [3.8, 4) is 0 Å². The van der Waals surface area contributed by atoms with Crippen LogP contribution in [0.2, 0.25) is 0 Å². The number of rotatable bonds is 8. The van der Waals surface area contributed by atoms with Gasteiger partial charge in [0.15, 0.2) is 0 Å². The van der Waals surface area contributed by atoms with Crippen molar-refractivity contribution in [1.82, 2.24) is 0 Å². The fourth-order valence-corrected chi connectivity index (χ4v) is 1.56. The van der Waals surface area contributed by atoms with Crippen LogP contribution in [0.5, 0.6) is 0 Å². The fraction of sp³-hybridized carbons (Fsp3) is 1.00. The van der Waals surface area contributed by atoms with Crippen molar-refractivity contribution >= 4 is 12.6 Å². The summed E-state index contributed by atoms with van der Waals surface area (Å²) in [6.07, 6.45) is 0.296. The molecular formula is C11H24O2S. The van der Waals surface area contributed by atoms with Gasteiger partial charge >= 0.3 is 0 Å². The molecule has 0 heterocycles. The molecule has 0 N–H and O–H groups in total. The van der Waals surface area contributed by atoms with Crippen LogP contribution in [0, 0.1) is 11.8 Å². The minimum Gasteiger partial charge on any atom is -0.379 e. The summed E-state index contributed by atoms with van der Waals surface area (Å²) in [6.45, 7) is 10.6. The molecule has 2 nitrogen and oxygen atoms in total. The Labute approximate surface area is 93.8 Å². The van der Waals surface area contributed by atoms with Gasteiger partial charge in [-0.15, -0.1) is 0 Å². The van der Waals surface area contributed by atoms with Crippen molar-refractivity contribution in [3.63, 3.8) is 0 Å². The largest absolute Gasteiger partial charge is 0.379 e. The van der Waals surface area contributed by atoms with Crippen molar-refractivity contribution in [2.75, 3.05) is 25.6 Å². The Kier molecular flexibility index (Phi) is 8.73. The molecule has 1 unspecified atom stereocenters. The lowest BCUT2D eigenvalue weighted by molar-refractivity contribution is 0.00777. The second-order valence-corrected chi connectivity index (χ2v) is 4.55. The third-order valence-electron chi connectivity index (χ3n) is 2.19. The van der Waals surface area contributed by atoms with Gasteiger partial charge in [-0.05, 0) is 31.4 Å². The molecule has 3 heteroatoms. The van der Waals surface area contributed by atoms with E-state index in [2.05, 4.69) is 26.5 Å². The first-order chi connectivity index (χ1) is 6.57.